The van der Waals surface area contributed by atoms with Crippen molar-refractivity contribution in [3.8, 4) is 0 Å². The molecular formula is C14H24N2O2. The number of carbonyl (C=O) groups is 2. The summed E-state index contributed by atoms with van der Waals surface area (Å²) in [5.41, 5.74) is 5.30. The van der Waals surface area contributed by atoms with E-state index in [1.807, 2.05) is 4.90 Å². The summed E-state index contributed by atoms with van der Waals surface area (Å²) in [6, 6.07) is 0.344. The number of nitrogens with zero attached hydrogens (tertiary/aromatic N) is 1. The number of nitrogens with two attached hydrogens (primary N) is 1. The van der Waals surface area contributed by atoms with Crippen LogP contribution < -0.4 is 5.73 Å². The standard InChI is InChI=1S/C14H24N2O2/c1-9(2)10-3-5-12(6-4-10)16-8-11(14(15)18)7-13(16)17/h9-12H,3-8H2,1-2H3,(H2,15,18). The number of likely N-dealkylation sites (tertiary alicyclic amines) is 1. The van der Waals surface area contributed by atoms with E-state index in [1.54, 1.807) is 0 Å². The lowest BCUT2D eigenvalue weighted by molar-refractivity contribution is -0.130. The van der Waals surface area contributed by atoms with E-state index >= 15 is 0 Å². The van der Waals surface area contributed by atoms with Gasteiger partial charge >= 0.3 is 0 Å². The molecule has 0 spiro atoms. The minimum absolute atomic E-state index is 0.117. The lowest BCUT2D eigenvalue weighted by atomic mass is 9.79. The first-order valence-electron chi connectivity index (χ1n) is 7.07. The van der Waals surface area contributed by atoms with Crippen LogP contribution in [0.15, 0.2) is 0 Å². The summed E-state index contributed by atoms with van der Waals surface area (Å²) in [5.74, 6) is 1.05. The smallest absolute Gasteiger partial charge is 0.223 e. The molecule has 0 radical (unpaired) electrons. The molecule has 102 valence electrons. The van der Waals surface area contributed by atoms with Gasteiger partial charge in [0.15, 0.2) is 0 Å². The van der Waals surface area contributed by atoms with Crippen LogP contribution in [0.3, 0.4) is 0 Å². The third-order valence-corrected chi connectivity index (χ3v) is 4.69. The van der Waals surface area contributed by atoms with Crippen LogP contribution in [0.5, 0.6) is 0 Å². The zero-order chi connectivity index (χ0) is 13.3. The molecule has 1 heterocycles. The fraction of sp³-hybridized carbons (Fsp3) is 0.857. The molecule has 0 aromatic carbocycles. The molecule has 2 aliphatic rings. The maximum atomic E-state index is 11.9. The van der Waals surface area contributed by atoms with E-state index in [4.69, 9.17) is 5.73 Å². The van der Waals surface area contributed by atoms with E-state index in [0.29, 0.717) is 19.0 Å². The Kier molecular flexibility index (Phi) is 3.93. The van der Waals surface area contributed by atoms with Crippen LogP contribution in [0.1, 0.15) is 46.0 Å². The van der Waals surface area contributed by atoms with E-state index < -0.39 is 0 Å². The molecule has 1 aliphatic carbocycles. The van der Waals surface area contributed by atoms with Gasteiger partial charge in [0.1, 0.15) is 0 Å². The predicted molar refractivity (Wildman–Crippen MR) is 69.6 cm³/mol. The predicted octanol–water partition coefficient (Wildman–Crippen LogP) is 1.53. The number of hydrogen-bond acceptors (Lipinski definition) is 2. The topological polar surface area (TPSA) is 63.4 Å². The molecule has 1 atom stereocenters. The molecule has 0 aromatic rings. The lowest BCUT2D eigenvalue weighted by Gasteiger charge is -2.36. The van der Waals surface area contributed by atoms with E-state index in [2.05, 4.69) is 13.8 Å². The van der Waals surface area contributed by atoms with Crippen molar-refractivity contribution in [3.63, 3.8) is 0 Å². The van der Waals surface area contributed by atoms with Gasteiger partial charge in [0, 0.05) is 19.0 Å². The molecule has 2 fully saturated rings. The Labute approximate surface area is 109 Å². The minimum Gasteiger partial charge on any atom is -0.369 e. The average Bonchev–Trinajstić information content (AvgIpc) is 2.71. The van der Waals surface area contributed by atoms with Crippen molar-refractivity contribution < 1.29 is 9.59 Å². The van der Waals surface area contributed by atoms with Crippen molar-refractivity contribution in [1.29, 1.82) is 0 Å². The van der Waals surface area contributed by atoms with Gasteiger partial charge in [-0.1, -0.05) is 13.8 Å². The van der Waals surface area contributed by atoms with Gasteiger partial charge in [0.25, 0.3) is 0 Å². The van der Waals surface area contributed by atoms with Gasteiger partial charge < -0.3 is 10.6 Å². The Morgan fingerprint density at radius 3 is 2.33 bits per heavy atom. The molecule has 1 aliphatic heterocycles. The lowest BCUT2D eigenvalue weighted by Crippen LogP contribution is -2.40. The molecule has 0 aromatic heterocycles. The fourth-order valence-corrected chi connectivity index (χ4v) is 3.36. The van der Waals surface area contributed by atoms with Crippen LogP contribution >= 0.6 is 0 Å². The minimum atomic E-state index is -0.332. The van der Waals surface area contributed by atoms with Gasteiger partial charge in [0.2, 0.25) is 11.8 Å². The zero-order valence-electron chi connectivity index (χ0n) is 11.4. The molecule has 4 heteroatoms. The largest absolute Gasteiger partial charge is 0.369 e. The van der Waals surface area contributed by atoms with Crippen LogP contribution in [0.2, 0.25) is 0 Å². The molecule has 2 rings (SSSR count). The molecule has 0 bridgehead atoms. The van der Waals surface area contributed by atoms with Crippen molar-refractivity contribution in [1.82, 2.24) is 4.90 Å². The first kappa shape index (κ1) is 13.4. The zero-order valence-corrected chi connectivity index (χ0v) is 11.4. The van der Waals surface area contributed by atoms with Crippen molar-refractivity contribution in [2.75, 3.05) is 6.54 Å². The van der Waals surface area contributed by atoms with Crippen molar-refractivity contribution >= 4 is 11.8 Å². The van der Waals surface area contributed by atoms with Crippen molar-refractivity contribution in [2.45, 2.75) is 52.0 Å². The van der Waals surface area contributed by atoms with Gasteiger partial charge in [-0.3, -0.25) is 9.59 Å². The molecule has 1 saturated heterocycles. The maximum Gasteiger partial charge on any atom is 0.223 e. The van der Waals surface area contributed by atoms with Crippen molar-refractivity contribution in [2.24, 2.45) is 23.5 Å². The highest BCUT2D eigenvalue weighted by atomic mass is 16.2. The molecule has 1 saturated carbocycles. The number of primary amides is 1. The maximum absolute atomic E-state index is 11.9. The third kappa shape index (κ3) is 2.68. The van der Waals surface area contributed by atoms with Crippen LogP contribution in [-0.2, 0) is 9.59 Å². The van der Waals surface area contributed by atoms with Gasteiger partial charge in [-0.2, -0.15) is 0 Å². The quantitative estimate of drug-likeness (QED) is 0.828. The summed E-state index contributed by atoms with van der Waals surface area (Å²) in [7, 11) is 0. The second kappa shape index (κ2) is 5.29. The third-order valence-electron chi connectivity index (χ3n) is 4.69. The Morgan fingerprint density at radius 2 is 1.89 bits per heavy atom. The second-order valence-electron chi connectivity index (χ2n) is 6.16. The van der Waals surface area contributed by atoms with Crippen molar-refractivity contribution in [3.05, 3.63) is 0 Å². The van der Waals surface area contributed by atoms with E-state index in [-0.39, 0.29) is 17.7 Å². The van der Waals surface area contributed by atoms with Gasteiger partial charge in [-0.15, -0.1) is 0 Å². The Balaban J connectivity index is 1.90. The van der Waals surface area contributed by atoms with E-state index in [0.717, 1.165) is 24.7 Å². The monoisotopic (exact) mass is 252 g/mol. The van der Waals surface area contributed by atoms with E-state index in [1.165, 1.54) is 12.8 Å². The molecular weight excluding hydrogens is 228 g/mol. The van der Waals surface area contributed by atoms with Crippen LogP contribution in [0, 0.1) is 17.8 Å². The number of amides is 2. The Morgan fingerprint density at radius 1 is 1.28 bits per heavy atom. The van der Waals surface area contributed by atoms with Gasteiger partial charge in [0.05, 0.1) is 5.92 Å². The summed E-state index contributed by atoms with van der Waals surface area (Å²) in [4.78, 5) is 25.0. The van der Waals surface area contributed by atoms with Gasteiger partial charge in [-0.25, -0.2) is 0 Å². The summed E-state index contributed by atoms with van der Waals surface area (Å²) in [6.07, 6.45) is 4.89. The summed E-state index contributed by atoms with van der Waals surface area (Å²) in [6.45, 7) is 5.09. The molecule has 2 amide bonds. The molecule has 18 heavy (non-hydrogen) atoms. The highest BCUT2D eigenvalue weighted by Crippen LogP contribution is 2.34. The first-order chi connectivity index (χ1) is 8.49. The Hall–Kier alpha value is -1.06. The molecule has 1 unspecified atom stereocenters. The van der Waals surface area contributed by atoms with Crippen LogP contribution in [0.25, 0.3) is 0 Å². The Bertz CT molecular complexity index is 333. The average molecular weight is 252 g/mol. The van der Waals surface area contributed by atoms with Crippen LogP contribution in [0.4, 0.5) is 0 Å². The van der Waals surface area contributed by atoms with Gasteiger partial charge in [-0.05, 0) is 37.5 Å². The highest BCUT2D eigenvalue weighted by molar-refractivity contribution is 5.88. The second-order valence-corrected chi connectivity index (χ2v) is 6.16. The number of rotatable bonds is 3. The fourth-order valence-electron chi connectivity index (χ4n) is 3.36. The summed E-state index contributed by atoms with van der Waals surface area (Å²) in [5, 5.41) is 0. The van der Waals surface area contributed by atoms with E-state index in [9.17, 15) is 9.59 Å². The first-order valence-corrected chi connectivity index (χ1v) is 7.07. The molecule has 4 nitrogen and oxygen atoms in total. The highest BCUT2D eigenvalue weighted by Gasteiger charge is 2.38. The summed E-state index contributed by atoms with van der Waals surface area (Å²) >= 11 is 0. The molecule has 2 N–H and O–H groups in total. The number of carbonyl (C=O) groups excluding carboxylic acids is 2. The normalized spacial score (nSPS) is 33.2. The van der Waals surface area contributed by atoms with Crippen LogP contribution in [-0.4, -0.2) is 29.3 Å². The number of hydrogen-bond donors (Lipinski definition) is 1. The SMILES string of the molecule is CC(C)C1CCC(N2CC(C(N)=O)CC2=O)CC1. The summed E-state index contributed by atoms with van der Waals surface area (Å²) < 4.78 is 0.